The highest BCUT2D eigenvalue weighted by molar-refractivity contribution is 9.10. The molecular formula is C20H24BrN5O2. The van der Waals surface area contributed by atoms with E-state index in [0.717, 1.165) is 33.6 Å². The molecule has 0 saturated carbocycles. The highest BCUT2D eigenvalue weighted by atomic mass is 79.9. The molecule has 0 bridgehead atoms. The maximum absolute atomic E-state index is 12.7. The predicted molar refractivity (Wildman–Crippen MR) is 110 cm³/mol. The van der Waals surface area contributed by atoms with Gasteiger partial charge in [-0.15, -0.1) is 0 Å². The first-order valence-corrected chi connectivity index (χ1v) is 9.87. The Morgan fingerprint density at radius 3 is 2.54 bits per heavy atom. The second-order valence-corrected chi connectivity index (χ2v) is 7.63. The van der Waals surface area contributed by atoms with E-state index in [1.165, 1.54) is 0 Å². The molecule has 148 valence electrons. The molecule has 3 aromatic rings. The lowest BCUT2D eigenvalue weighted by Crippen LogP contribution is -2.27. The van der Waals surface area contributed by atoms with Gasteiger partial charge in [0.1, 0.15) is 5.75 Å². The zero-order chi connectivity index (χ0) is 20.3. The van der Waals surface area contributed by atoms with E-state index in [1.807, 2.05) is 43.8 Å². The summed E-state index contributed by atoms with van der Waals surface area (Å²) in [4.78, 5) is 14.3. The van der Waals surface area contributed by atoms with Crippen molar-refractivity contribution in [3.8, 4) is 5.75 Å². The van der Waals surface area contributed by atoms with Gasteiger partial charge in [-0.05, 0) is 66.0 Å². The quantitative estimate of drug-likeness (QED) is 0.554. The van der Waals surface area contributed by atoms with Crippen LogP contribution in [-0.4, -0.2) is 37.4 Å². The molecule has 28 heavy (non-hydrogen) atoms. The van der Waals surface area contributed by atoms with Crippen molar-refractivity contribution in [2.45, 2.75) is 40.6 Å². The fourth-order valence-corrected chi connectivity index (χ4v) is 3.34. The Balaban J connectivity index is 1.62. The van der Waals surface area contributed by atoms with Crippen molar-refractivity contribution in [2.75, 3.05) is 7.05 Å². The number of hydrogen-bond donors (Lipinski definition) is 0. The topological polar surface area (TPSA) is 65.2 Å². The van der Waals surface area contributed by atoms with Crippen molar-refractivity contribution >= 4 is 21.8 Å². The van der Waals surface area contributed by atoms with Crippen LogP contribution in [0.4, 0.5) is 0 Å². The first-order chi connectivity index (χ1) is 13.4. The molecule has 0 fully saturated rings. The monoisotopic (exact) mass is 445 g/mol. The summed E-state index contributed by atoms with van der Waals surface area (Å²) in [5.41, 5.74) is 3.47. The van der Waals surface area contributed by atoms with Crippen molar-refractivity contribution in [3.63, 3.8) is 0 Å². The SMILES string of the molecule is CCn1cc(Br)c(CN(C)C(=O)c2ccn(COc3cc(C)cc(C)c3)n2)n1. The van der Waals surface area contributed by atoms with Gasteiger partial charge < -0.3 is 9.64 Å². The van der Waals surface area contributed by atoms with E-state index in [-0.39, 0.29) is 12.6 Å². The summed E-state index contributed by atoms with van der Waals surface area (Å²) in [6, 6.07) is 7.74. The Morgan fingerprint density at radius 2 is 1.89 bits per heavy atom. The minimum Gasteiger partial charge on any atom is -0.471 e. The van der Waals surface area contributed by atoms with E-state index in [0.29, 0.717) is 12.2 Å². The average molecular weight is 446 g/mol. The highest BCUT2D eigenvalue weighted by Gasteiger charge is 2.18. The zero-order valence-electron chi connectivity index (χ0n) is 16.5. The third kappa shape index (κ3) is 4.81. The number of benzene rings is 1. The fourth-order valence-electron chi connectivity index (χ4n) is 2.90. The van der Waals surface area contributed by atoms with Gasteiger partial charge in [0.25, 0.3) is 5.91 Å². The number of amides is 1. The number of carbonyl (C=O) groups is 1. The molecule has 2 heterocycles. The molecular weight excluding hydrogens is 422 g/mol. The van der Waals surface area contributed by atoms with Crippen molar-refractivity contribution in [2.24, 2.45) is 0 Å². The van der Waals surface area contributed by atoms with Crippen LogP contribution in [-0.2, 0) is 19.8 Å². The van der Waals surface area contributed by atoms with E-state index >= 15 is 0 Å². The first-order valence-electron chi connectivity index (χ1n) is 9.07. The summed E-state index contributed by atoms with van der Waals surface area (Å²) in [7, 11) is 1.74. The van der Waals surface area contributed by atoms with E-state index in [2.05, 4.69) is 32.2 Å². The number of rotatable bonds is 7. The van der Waals surface area contributed by atoms with Gasteiger partial charge in [0.05, 0.1) is 16.7 Å². The minimum absolute atomic E-state index is 0.164. The molecule has 8 heteroatoms. The van der Waals surface area contributed by atoms with Gasteiger partial charge in [-0.3, -0.25) is 9.48 Å². The second kappa shape index (κ2) is 8.60. The lowest BCUT2D eigenvalue weighted by molar-refractivity contribution is 0.0775. The lowest BCUT2D eigenvalue weighted by Gasteiger charge is -2.14. The van der Waals surface area contributed by atoms with E-state index in [4.69, 9.17) is 4.74 Å². The minimum atomic E-state index is -0.164. The Bertz CT molecular complexity index is 959. The third-order valence-corrected chi connectivity index (χ3v) is 4.93. The van der Waals surface area contributed by atoms with E-state index in [1.54, 1.807) is 28.9 Å². The van der Waals surface area contributed by atoms with Gasteiger partial charge in [0.2, 0.25) is 0 Å². The van der Waals surface area contributed by atoms with Crippen molar-refractivity contribution in [1.29, 1.82) is 0 Å². The summed E-state index contributed by atoms with van der Waals surface area (Å²) >= 11 is 3.49. The number of carbonyl (C=O) groups excluding carboxylic acids is 1. The molecule has 0 spiro atoms. The van der Waals surface area contributed by atoms with Gasteiger partial charge in [-0.1, -0.05) is 6.07 Å². The van der Waals surface area contributed by atoms with E-state index in [9.17, 15) is 4.79 Å². The number of ether oxygens (including phenoxy) is 1. The van der Waals surface area contributed by atoms with Crippen LogP contribution in [0.5, 0.6) is 5.75 Å². The van der Waals surface area contributed by atoms with Crippen LogP contribution in [0.15, 0.2) is 41.1 Å². The maximum atomic E-state index is 12.7. The van der Waals surface area contributed by atoms with Crippen LogP contribution < -0.4 is 4.74 Å². The molecule has 2 aromatic heterocycles. The zero-order valence-corrected chi connectivity index (χ0v) is 18.1. The molecule has 0 N–H and O–H groups in total. The Labute approximate surface area is 173 Å². The number of aryl methyl sites for hydroxylation is 3. The van der Waals surface area contributed by atoms with Crippen LogP contribution in [0, 0.1) is 13.8 Å². The molecule has 0 aliphatic heterocycles. The van der Waals surface area contributed by atoms with E-state index < -0.39 is 0 Å². The predicted octanol–water partition coefficient (Wildman–Crippen LogP) is 3.79. The number of nitrogens with zero attached hydrogens (tertiary/aromatic N) is 5. The number of hydrogen-bond acceptors (Lipinski definition) is 4. The molecule has 0 aliphatic rings. The summed E-state index contributed by atoms with van der Waals surface area (Å²) < 4.78 is 10.1. The van der Waals surface area contributed by atoms with Gasteiger partial charge in [-0.2, -0.15) is 10.2 Å². The van der Waals surface area contributed by atoms with Gasteiger partial charge >= 0.3 is 0 Å². The molecule has 0 atom stereocenters. The summed E-state index contributed by atoms with van der Waals surface area (Å²) in [6.07, 6.45) is 3.65. The molecule has 0 radical (unpaired) electrons. The lowest BCUT2D eigenvalue weighted by atomic mass is 10.1. The Morgan fingerprint density at radius 1 is 1.18 bits per heavy atom. The van der Waals surface area contributed by atoms with Crippen LogP contribution in [0.3, 0.4) is 0 Å². The highest BCUT2D eigenvalue weighted by Crippen LogP contribution is 2.18. The standard InChI is InChI=1S/C20H24BrN5O2/c1-5-25-11-17(21)19(23-25)12-24(4)20(27)18-6-7-26(22-18)13-28-16-9-14(2)8-15(3)10-16/h6-11H,5,12-13H2,1-4H3. The molecule has 1 aromatic carbocycles. The van der Waals surface area contributed by atoms with Gasteiger partial charge in [0, 0.05) is 26.0 Å². The van der Waals surface area contributed by atoms with Gasteiger partial charge in [-0.25, -0.2) is 4.68 Å². The third-order valence-electron chi connectivity index (χ3n) is 4.26. The largest absolute Gasteiger partial charge is 0.471 e. The van der Waals surface area contributed by atoms with Crippen LogP contribution in [0.25, 0.3) is 0 Å². The van der Waals surface area contributed by atoms with Crippen LogP contribution in [0.2, 0.25) is 0 Å². The smallest absolute Gasteiger partial charge is 0.274 e. The van der Waals surface area contributed by atoms with Gasteiger partial charge in [0.15, 0.2) is 12.4 Å². The summed E-state index contributed by atoms with van der Waals surface area (Å²) in [5, 5.41) is 8.80. The molecule has 0 saturated heterocycles. The summed E-state index contributed by atoms with van der Waals surface area (Å²) in [6.45, 7) is 7.50. The number of aromatic nitrogens is 4. The first kappa shape index (κ1) is 20.1. The van der Waals surface area contributed by atoms with Crippen molar-refractivity contribution in [1.82, 2.24) is 24.5 Å². The number of halogens is 1. The average Bonchev–Trinajstić information content (AvgIpc) is 3.25. The van der Waals surface area contributed by atoms with Crippen LogP contribution >= 0.6 is 15.9 Å². The molecule has 1 amide bonds. The van der Waals surface area contributed by atoms with Crippen molar-refractivity contribution in [3.05, 3.63) is 63.6 Å². The molecule has 3 rings (SSSR count). The Hall–Kier alpha value is -2.61. The molecule has 0 aliphatic carbocycles. The second-order valence-electron chi connectivity index (χ2n) is 6.78. The Kier molecular flexibility index (Phi) is 6.18. The normalized spacial score (nSPS) is 10.9. The molecule has 0 unspecified atom stereocenters. The summed E-state index contributed by atoms with van der Waals surface area (Å²) in [5.74, 6) is 0.623. The van der Waals surface area contributed by atoms with Crippen molar-refractivity contribution < 1.29 is 9.53 Å². The van der Waals surface area contributed by atoms with Crippen LogP contribution in [0.1, 0.15) is 34.2 Å². The maximum Gasteiger partial charge on any atom is 0.274 e. The molecule has 7 nitrogen and oxygen atoms in total. The fraction of sp³-hybridized carbons (Fsp3) is 0.350.